The predicted molar refractivity (Wildman–Crippen MR) is 87.6 cm³/mol. The molecule has 0 rings (SSSR count). The van der Waals surface area contributed by atoms with Gasteiger partial charge in [0, 0.05) is 13.3 Å². The first-order valence-electron chi connectivity index (χ1n) is 7.97. The molecule has 0 radical (unpaired) electrons. The van der Waals surface area contributed by atoms with Gasteiger partial charge >= 0.3 is 23.9 Å². The highest BCUT2D eigenvalue weighted by molar-refractivity contribution is 5.85. The number of carboxylic acids is 1. The van der Waals surface area contributed by atoms with Gasteiger partial charge in [-0.05, 0) is 48.0 Å². The second-order valence-electron chi connectivity index (χ2n) is 7.63. The summed E-state index contributed by atoms with van der Waals surface area (Å²) < 4.78 is 15.1. The number of aliphatic carboxylic acids is 1. The van der Waals surface area contributed by atoms with Crippen LogP contribution >= 0.6 is 0 Å². The molecular weight excluding hydrogens is 332 g/mol. The second kappa shape index (κ2) is 8.82. The van der Waals surface area contributed by atoms with Gasteiger partial charge in [0.15, 0.2) is 0 Å². The number of rotatable bonds is 7. The van der Waals surface area contributed by atoms with Gasteiger partial charge in [-0.2, -0.15) is 0 Å². The van der Waals surface area contributed by atoms with Crippen LogP contribution in [0.25, 0.3) is 0 Å². The molecule has 0 aliphatic carbocycles. The Kier molecular flexibility index (Phi) is 8.08. The molecule has 144 valence electrons. The Balaban J connectivity index is 5.30. The summed E-state index contributed by atoms with van der Waals surface area (Å²) >= 11 is 0. The van der Waals surface area contributed by atoms with Gasteiger partial charge in [-0.1, -0.05) is 0 Å². The molecule has 0 saturated heterocycles. The van der Waals surface area contributed by atoms with Crippen molar-refractivity contribution in [3.05, 3.63) is 0 Å². The molecule has 0 aromatic heterocycles. The van der Waals surface area contributed by atoms with Crippen LogP contribution in [0.15, 0.2) is 0 Å². The zero-order valence-corrected chi connectivity index (χ0v) is 15.9. The van der Waals surface area contributed by atoms with E-state index in [1.807, 2.05) is 0 Å². The van der Waals surface area contributed by atoms with Gasteiger partial charge in [-0.3, -0.25) is 14.4 Å². The molecule has 0 bridgehead atoms. The number of carboxylic acid groups (broad SMARTS) is 1. The van der Waals surface area contributed by atoms with Crippen LogP contribution in [-0.2, 0) is 33.4 Å². The maximum absolute atomic E-state index is 12.4. The first-order chi connectivity index (χ1) is 11.1. The molecule has 0 heterocycles. The summed E-state index contributed by atoms with van der Waals surface area (Å²) in [6.07, 6.45) is -2.14. The van der Waals surface area contributed by atoms with E-state index in [0.717, 1.165) is 6.92 Å². The summed E-state index contributed by atoms with van der Waals surface area (Å²) in [4.78, 5) is 46.8. The maximum Gasteiger partial charge on any atom is 0.345 e. The first kappa shape index (κ1) is 22.9. The molecule has 8 heteroatoms. The highest BCUT2D eigenvalue weighted by Gasteiger charge is 2.39. The molecule has 2 atom stereocenters. The SMILES string of the molecule is CC(=O)OC(C(=O)O)C(CCC(=O)OC(C)(C)C)C(=O)OC(C)(C)C. The van der Waals surface area contributed by atoms with Crippen molar-refractivity contribution < 1.29 is 38.5 Å². The quantitative estimate of drug-likeness (QED) is 0.542. The van der Waals surface area contributed by atoms with Crippen LogP contribution in [0.2, 0.25) is 0 Å². The van der Waals surface area contributed by atoms with Crippen LogP contribution in [0.5, 0.6) is 0 Å². The van der Waals surface area contributed by atoms with E-state index in [1.165, 1.54) is 0 Å². The normalized spacial score (nSPS) is 14.2. The van der Waals surface area contributed by atoms with Crippen molar-refractivity contribution in [1.82, 2.24) is 0 Å². The molecule has 2 unspecified atom stereocenters. The molecule has 0 saturated carbocycles. The molecule has 0 fully saturated rings. The summed E-state index contributed by atoms with van der Waals surface area (Å²) in [5.41, 5.74) is -1.57. The largest absolute Gasteiger partial charge is 0.478 e. The fourth-order valence-electron chi connectivity index (χ4n) is 1.92. The number of ether oxygens (including phenoxy) is 3. The van der Waals surface area contributed by atoms with Crippen LogP contribution in [-0.4, -0.2) is 46.3 Å². The van der Waals surface area contributed by atoms with Gasteiger partial charge < -0.3 is 19.3 Å². The Morgan fingerprint density at radius 3 is 1.76 bits per heavy atom. The van der Waals surface area contributed by atoms with Crippen molar-refractivity contribution in [3.63, 3.8) is 0 Å². The zero-order chi connectivity index (χ0) is 20.0. The lowest BCUT2D eigenvalue weighted by atomic mass is 9.96. The van der Waals surface area contributed by atoms with Crippen LogP contribution in [0.3, 0.4) is 0 Å². The summed E-state index contributed by atoms with van der Waals surface area (Å²) in [5, 5.41) is 9.29. The van der Waals surface area contributed by atoms with Gasteiger partial charge in [0.25, 0.3) is 0 Å². The number of carbonyl (C=O) groups is 4. The van der Waals surface area contributed by atoms with Crippen molar-refractivity contribution in [2.75, 3.05) is 0 Å². The standard InChI is InChI=1S/C17H28O8/c1-10(18)23-13(14(20)21)11(15(22)25-17(5,6)7)8-9-12(19)24-16(2,3)4/h11,13H,8-9H2,1-7H3,(H,20,21). The molecule has 8 nitrogen and oxygen atoms in total. The van der Waals surface area contributed by atoms with Crippen LogP contribution in [0.1, 0.15) is 61.3 Å². The lowest BCUT2D eigenvalue weighted by Crippen LogP contribution is -2.42. The Labute approximate surface area is 147 Å². The van der Waals surface area contributed by atoms with Crippen LogP contribution < -0.4 is 0 Å². The minimum atomic E-state index is -1.74. The fourth-order valence-corrected chi connectivity index (χ4v) is 1.92. The predicted octanol–water partition coefficient (Wildman–Crippen LogP) is 2.08. The number of hydrogen-bond donors (Lipinski definition) is 1. The van der Waals surface area contributed by atoms with Gasteiger partial charge in [0.2, 0.25) is 6.10 Å². The van der Waals surface area contributed by atoms with Gasteiger partial charge in [0.05, 0.1) is 0 Å². The average Bonchev–Trinajstić information content (AvgIpc) is 2.32. The van der Waals surface area contributed by atoms with E-state index in [9.17, 15) is 24.3 Å². The lowest BCUT2D eigenvalue weighted by molar-refractivity contribution is -0.179. The Morgan fingerprint density at radius 2 is 1.40 bits per heavy atom. The summed E-state index contributed by atoms with van der Waals surface area (Å²) in [7, 11) is 0. The lowest BCUT2D eigenvalue weighted by Gasteiger charge is -2.27. The Morgan fingerprint density at radius 1 is 0.920 bits per heavy atom. The minimum absolute atomic E-state index is 0.186. The molecule has 0 aliphatic rings. The molecule has 0 spiro atoms. The van der Waals surface area contributed by atoms with E-state index in [2.05, 4.69) is 0 Å². The van der Waals surface area contributed by atoms with Gasteiger partial charge in [-0.25, -0.2) is 4.79 Å². The number of hydrogen-bond acceptors (Lipinski definition) is 7. The smallest absolute Gasteiger partial charge is 0.345 e. The third-order valence-corrected chi connectivity index (χ3v) is 2.69. The molecule has 0 aromatic rings. The number of esters is 3. The van der Waals surface area contributed by atoms with E-state index in [1.54, 1.807) is 41.5 Å². The minimum Gasteiger partial charge on any atom is -0.478 e. The highest BCUT2D eigenvalue weighted by Crippen LogP contribution is 2.22. The first-order valence-corrected chi connectivity index (χ1v) is 7.97. The molecule has 0 aliphatic heterocycles. The molecule has 25 heavy (non-hydrogen) atoms. The third-order valence-electron chi connectivity index (χ3n) is 2.69. The van der Waals surface area contributed by atoms with Crippen molar-refractivity contribution in [2.45, 2.75) is 78.6 Å². The topological polar surface area (TPSA) is 116 Å². The average molecular weight is 360 g/mol. The van der Waals surface area contributed by atoms with Gasteiger partial charge in [-0.15, -0.1) is 0 Å². The highest BCUT2D eigenvalue weighted by atomic mass is 16.6. The Hall–Kier alpha value is -2.12. The molecular formula is C17H28O8. The fraction of sp³-hybridized carbons (Fsp3) is 0.765. The van der Waals surface area contributed by atoms with Crippen LogP contribution in [0, 0.1) is 5.92 Å². The molecule has 1 N–H and O–H groups in total. The summed E-state index contributed by atoms with van der Waals surface area (Å²) in [6, 6.07) is 0. The van der Waals surface area contributed by atoms with Gasteiger partial charge in [0.1, 0.15) is 17.1 Å². The maximum atomic E-state index is 12.4. The molecule has 0 aromatic carbocycles. The van der Waals surface area contributed by atoms with E-state index < -0.39 is 47.1 Å². The Bertz CT molecular complexity index is 510. The third kappa shape index (κ3) is 10.4. The van der Waals surface area contributed by atoms with Crippen molar-refractivity contribution in [2.24, 2.45) is 5.92 Å². The van der Waals surface area contributed by atoms with Crippen molar-refractivity contribution >= 4 is 23.9 Å². The van der Waals surface area contributed by atoms with Crippen molar-refractivity contribution in [3.8, 4) is 0 Å². The van der Waals surface area contributed by atoms with E-state index in [4.69, 9.17) is 14.2 Å². The van der Waals surface area contributed by atoms with Crippen molar-refractivity contribution in [1.29, 1.82) is 0 Å². The second-order valence-corrected chi connectivity index (χ2v) is 7.63. The summed E-state index contributed by atoms with van der Waals surface area (Å²) in [5.74, 6) is -5.11. The van der Waals surface area contributed by atoms with E-state index in [-0.39, 0.29) is 12.8 Å². The molecule has 0 amide bonds. The monoisotopic (exact) mass is 360 g/mol. The van der Waals surface area contributed by atoms with E-state index >= 15 is 0 Å². The number of carbonyl (C=O) groups excluding carboxylic acids is 3. The van der Waals surface area contributed by atoms with Crippen LogP contribution in [0.4, 0.5) is 0 Å². The zero-order valence-electron chi connectivity index (χ0n) is 15.9. The van der Waals surface area contributed by atoms with E-state index in [0.29, 0.717) is 0 Å². The summed E-state index contributed by atoms with van der Waals surface area (Å²) in [6.45, 7) is 11.0.